The van der Waals surface area contributed by atoms with Gasteiger partial charge in [-0.3, -0.25) is 14.7 Å². The van der Waals surface area contributed by atoms with Crippen molar-refractivity contribution in [2.75, 3.05) is 40.5 Å². The van der Waals surface area contributed by atoms with Gasteiger partial charge in [0.1, 0.15) is 6.61 Å². The van der Waals surface area contributed by atoms with Crippen LogP contribution >= 0.6 is 0 Å². The first-order valence-corrected chi connectivity index (χ1v) is 10.9. The highest BCUT2D eigenvalue weighted by Crippen LogP contribution is 2.32. The van der Waals surface area contributed by atoms with E-state index in [0.29, 0.717) is 12.5 Å². The van der Waals surface area contributed by atoms with Crippen LogP contribution < -0.4 is 14.8 Å². The number of hydrogen-bond acceptors (Lipinski definition) is 6. The molecule has 31 heavy (non-hydrogen) atoms. The van der Waals surface area contributed by atoms with Crippen molar-refractivity contribution in [3.63, 3.8) is 0 Å². The quantitative estimate of drug-likeness (QED) is 0.628. The van der Waals surface area contributed by atoms with Gasteiger partial charge in [-0.1, -0.05) is 12.1 Å². The number of rotatable bonds is 10. The molecule has 1 saturated heterocycles. The van der Waals surface area contributed by atoms with E-state index in [1.54, 1.807) is 13.3 Å². The molecule has 168 valence electrons. The van der Waals surface area contributed by atoms with Gasteiger partial charge < -0.3 is 19.5 Å². The van der Waals surface area contributed by atoms with Gasteiger partial charge >= 0.3 is 0 Å². The van der Waals surface area contributed by atoms with Gasteiger partial charge in [0, 0.05) is 19.9 Å². The van der Waals surface area contributed by atoms with Gasteiger partial charge in [0.2, 0.25) is 5.91 Å². The minimum atomic E-state index is -0.109. The summed E-state index contributed by atoms with van der Waals surface area (Å²) >= 11 is 0. The van der Waals surface area contributed by atoms with Gasteiger partial charge in [0.15, 0.2) is 11.5 Å². The number of ether oxygens (including phenoxy) is 3. The molecule has 7 heteroatoms. The molecule has 0 aliphatic carbocycles. The summed E-state index contributed by atoms with van der Waals surface area (Å²) in [6, 6.07) is 11.9. The molecular formula is C24H33N3O4. The minimum absolute atomic E-state index is 0.0573. The number of methoxy groups -OCH3 is 2. The van der Waals surface area contributed by atoms with Gasteiger partial charge in [0.25, 0.3) is 0 Å². The fourth-order valence-electron chi connectivity index (χ4n) is 4.13. The molecule has 1 aliphatic rings. The Bertz CT molecular complexity index is 823. The van der Waals surface area contributed by atoms with Crippen molar-refractivity contribution in [2.45, 2.75) is 32.4 Å². The Kier molecular flexibility index (Phi) is 8.67. The topological polar surface area (TPSA) is 72.9 Å². The highest BCUT2D eigenvalue weighted by Gasteiger charge is 2.29. The summed E-state index contributed by atoms with van der Waals surface area (Å²) < 4.78 is 16.1. The fourth-order valence-corrected chi connectivity index (χ4v) is 4.13. The molecule has 0 saturated carbocycles. The number of hydrogen-bond donors (Lipinski definition) is 1. The van der Waals surface area contributed by atoms with Crippen LogP contribution in [0.1, 0.15) is 37.1 Å². The molecule has 1 aliphatic heterocycles. The second-order valence-corrected chi connectivity index (χ2v) is 7.76. The first-order chi connectivity index (χ1) is 15.1. The second kappa shape index (κ2) is 11.7. The van der Waals surface area contributed by atoms with E-state index in [0.717, 1.165) is 49.7 Å². The Morgan fingerprint density at radius 1 is 1.19 bits per heavy atom. The smallest absolute Gasteiger partial charge is 0.246 e. The normalized spacial score (nSPS) is 16.0. The Morgan fingerprint density at radius 2 is 2.00 bits per heavy atom. The molecule has 1 amide bonds. The maximum Gasteiger partial charge on any atom is 0.246 e. The van der Waals surface area contributed by atoms with E-state index in [9.17, 15) is 4.79 Å². The molecule has 2 aromatic rings. The fraction of sp³-hybridized carbons (Fsp3) is 0.500. The molecule has 1 aromatic carbocycles. The number of amides is 1. The van der Waals surface area contributed by atoms with Crippen molar-refractivity contribution in [1.29, 1.82) is 0 Å². The second-order valence-electron chi connectivity index (χ2n) is 7.76. The van der Waals surface area contributed by atoms with Gasteiger partial charge in [-0.2, -0.15) is 0 Å². The molecule has 1 fully saturated rings. The van der Waals surface area contributed by atoms with Crippen LogP contribution in [0.25, 0.3) is 0 Å². The number of likely N-dealkylation sites (tertiary alicyclic amines) is 1. The lowest BCUT2D eigenvalue weighted by molar-refractivity contribution is -0.126. The molecule has 1 atom stereocenters. The Morgan fingerprint density at radius 3 is 2.65 bits per heavy atom. The molecule has 0 spiro atoms. The molecule has 0 bridgehead atoms. The molecule has 0 unspecified atom stereocenters. The number of aromatic nitrogens is 1. The van der Waals surface area contributed by atoms with Crippen LogP contribution in [0.5, 0.6) is 11.5 Å². The van der Waals surface area contributed by atoms with Crippen molar-refractivity contribution < 1.29 is 19.0 Å². The molecule has 3 rings (SSSR count). The minimum Gasteiger partial charge on any atom is -0.493 e. The van der Waals surface area contributed by atoms with E-state index < -0.39 is 0 Å². The van der Waals surface area contributed by atoms with E-state index in [-0.39, 0.29) is 18.6 Å². The largest absolute Gasteiger partial charge is 0.493 e. The molecule has 2 heterocycles. The van der Waals surface area contributed by atoms with Crippen LogP contribution in [0.3, 0.4) is 0 Å². The Hall–Kier alpha value is -2.64. The summed E-state index contributed by atoms with van der Waals surface area (Å²) in [6.45, 7) is 5.42. The number of nitrogens with zero attached hydrogens (tertiary/aromatic N) is 2. The predicted molar refractivity (Wildman–Crippen MR) is 119 cm³/mol. The predicted octanol–water partition coefficient (Wildman–Crippen LogP) is 3.20. The molecule has 1 aromatic heterocycles. The zero-order chi connectivity index (χ0) is 22.1. The van der Waals surface area contributed by atoms with Gasteiger partial charge in [-0.25, -0.2) is 0 Å². The van der Waals surface area contributed by atoms with Crippen molar-refractivity contribution >= 4 is 5.91 Å². The molecule has 0 radical (unpaired) electrons. The van der Waals surface area contributed by atoms with Crippen LogP contribution in [0.15, 0.2) is 42.6 Å². The zero-order valence-corrected chi connectivity index (χ0v) is 18.7. The lowest BCUT2D eigenvalue weighted by Gasteiger charge is -2.36. The Balaban J connectivity index is 1.62. The average molecular weight is 428 g/mol. The monoisotopic (exact) mass is 427 g/mol. The first-order valence-electron chi connectivity index (χ1n) is 10.9. The number of benzene rings is 1. The average Bonchev–Trinajstić information content (AvgIpc) is 2.80. The summed E-state index contributed by atoms with van der Waals surface area (Å²) in [6.07, 6.45) is 3.75. The van der Waals surface area contributed by atoms with Crippen molar-refractivity contribution in [2.24, 2.45) is 5.92 Å². The summed E-state index contributed by atoms with van der Waals surface area (Å²) in [5, 5.41) is 3.13. The van der Waals surface area contributed by atoms with Crippen LogP contribution in [0.4, 0.5) is 0 Å². The van der Waals surface area contributed by atoms with E-state index in [1.807, 2.05) is 31.2 Å². The maximum atomic E-state index is 12.2. The molecular weight excluding hydrogens is 394 g/mol. The van der Waals surface area contributed by atoms with E-state index in [4.69, 9.17) is 14.2 Å². The number of carbonyl (C=O) groups excluding carboxylic acids is 1. The highest BCUT2D eigenvalue weighted by atomic mass is 16.5. The van der Waals surface area contributed by atoms with Gasteiger partial charge in [-0.15, -0.1) is 0 Å². The molecule has 1 N–H and O–H groups in total. The lowest BCUT2D eigenvalue weighted by atomic mass is 9.87. The van der Waals surface area contributed by atoms with Crippen molar-refractivity contribution in [3.05, 3.63) is 53.9 Å². The molecule has 7 nitrogen and oxygen atoms in total. The van der Waals surface area contributed by atoms with Crippen LogP contribution in [-0.2, 0) is 16.1 Å². The number of nitrogens with one attached hydrogen (secondary N) is 1. The zero-order valence-electron chi connectivity index (χ0n) is 18.7. The summed E-state index contributed by atoms with van der Waals surface area (Å²) in [4.78, 5) is 19.2. The number of carbonyl (C=O) groups is 1. The highest BCUT2D eigenvalue weighted by molar-refractivity contribution is 5.77. The summed E-state index contributed by atoms with van der Waals surface area (Å²) in [7, 11) is 3.20. The SMILES string of the molecule is CCOc1ccc(CN2CCC([C@@H](NC(=O)COC)c3ccccn3)CC2)cc1OC. The van der Waals surface area contributed by atoms with E-state index in [2.05, 4.69) is 27.3 Å². The third-order valence-electron chi connectivity index (χ3n) is 5.64. The van der Waals surface area contributed by atoms with Gasteiger partial charge in [-0.05, 0) is 68.6 Å². The van der Waals surface area contributed by atoms with Crippen molar-refractivity contribution in [1.82, 2.24) is 15.2 Å². The van der Waals surface area contributed by atoms with Gasteiger partial charge in [0.05, 0.1) is 25.5 Å². The first kappa shape index (κ1) is 23.0. The van der Waals surface area contributed by atoms with Crippen molar-refractivity contribution in [3.8, 4) is 11.5 Å². The third-order valence-corrected chi connectivity index (χ3v) is 5.64. The van der Waals surface area contributed by atoms with Crippen LogP contribution in [0.2, 0.25) is 0 Å². The number of pyridine rings is 1. The third kappa shape index (κ3) is 6.42. The standard InChI is InChI=1S/C24H33N3O4/c1-4-31-21-9-8-18(15-22(21)30-3)16-27-13-10-19(11-14-27)24(26-23(28)17-29-2)20-7-5-6-12-25-20/h5-9,12,15,19,24H,4,10-11,13-14,16-17H2,1-3H3,(H,26,28)/t24-/m1/s1. The number of piperidine rings is 1. The maximum absolute atomic E-state index is 12.2. The van der Waals surface area contributed by atoms with Crippen LogP contribution in [-0.4, -0.2) is 56.3 Å². The summed E-state index contributed by atoms with van der Waals surface area (Å²) in [5.41, 5.74) is 2.11. The summed E-state index contributed by atoms with van der Waals surface area (Å²) in [5.74, 6) is 1.77. The van der Waals surface area contributed by atoms with E-state index in [1.165, 1.54) is 12.7 Å². The lowest BCUT2D eigenvalue weighted by Crippen LogP contribution is -2.41. The Labute approximate surface area is 184 Å². The van der Waals surface area contributed by atoms with Crippen LogP contribution in [0, 0.1) is 5.92 Å². The van der Waals surface area contributed by atoms with E-state index >= 15 is 0 Å².